The quantitative estimate of drug-likeness (QED) is 0.0888. The molecule has 2 fully saturated rings. The molecule has 0 bridgehead atoms. The summed E-state index contributed by atoms with van der Waals surface area (Å²) in [4.78, 5) is 26.1. The van der Waals surface area contributed by atoms with Gasteiger partial charge in [-0.1, -0.05) is 116 Å². The summed E-state index contributed by atoms with van der Waals surface area (Å²) in [7, 11) is -2.72. The molecule has 0 aliphatic carbocycles. The lowest BCUT2D eigenvalue weighted by molar-refractivity contribution is -0.228. The van der Waals surface area contributed by atoms with Crippen molar-refractivity contribution in [3.05, 3.63) is 33.1 Å². The molecule has 44 heavy (non-hydrogen) atoms. The van der Waals surface area contributed by atoms with Crippen molar-refractivity contribution in [1.82, 2.24) is 9.55 Å². The van der Waals surface area contributed by atoms with E-state index in [4.69, 9.17) is 27.8 Å². The molecule has 1 N–H and O–H groups in total. The Bertz CT molecular complexity index is 1110. The topological polar surface area (TPSA) is 127 Å². The minimum Gasteiger partial charge on any atom is -0.340 e. The van der Waals surface area contributed by atoms with E-state index in [9.17, 15) is 14.2 Å². The van der Waals surface area contributed by atoms with Crippen LogP contribution in [0.3, 0.4) is 0 Å². The minimum absolute atomic E-state index is 0.219. The van der Waals surface area contributed by atoms with Gasteiger partial charge in [-0.3, -0.25) is 27.9 Å². The van der Waals surface area contributed by atoms with Crippen LogP contribution >= 0.6 is 7.82 Å². The van der Waals surface area contributed by atoms with Crippen molar-refractivity contribution in [3.63, 3.8) is 0 Å². The molecule has 5 atom stereocenters. The summed E-state index contributed by atoms with van der Waals surface area (Å²) >= 11 is 0. The summed E-state index contributed by atoms with van der Waals surface area (Å²) in [6.45, 7) is 5.93. The molecule has 0 amide bonds. The summed E-state index contributed by atoms with van der Waals surface area (Å²) in [6, 6.07) is 1.21. The van der Waals surface area contributed by atoms with Gasteiger partial charge in [0.05, 0.1) is 6.61 Å². The number of phosphoric ester groups is 1. The molecule has 0 radical (unpaired) electrons. The van der Waals surface area contributed by atoms with Gasteiger partial charge >= 0.3 is 13.5 Å². The van der Waals surface area contributed by atoms with Gasteiger partial charge in [0, 0.05) is 19.4 Å². The number of unbranched alkanes of at least 4 members (excludes halogenated alkanes) is 17. The molecule has 2 aliphatic rings. The zero-order chi connectivity index (χ0) is 31.8. The van der Waals surface area contributed by atoms with E-state index in [1.165, 1.54) is 120 Å². The lowest BCUT2D eigenvalue weighted by Crippen LogP contribution is -2.37. The van der Waals surface area contributed by atoms with Gasteiger partial charge in [0.15, 0.2) is 12.0 Å². The zero-order valence-corrected chi connectivity index (χ0v) is 28.4. The van der Waals surface area contributed by atoms with Gasteiger partial charge in [0.2, 0.25) is 6.29 Å². The molecule has 254 valence electrons. The molecule has 0 spiro atoms. The van der Waals surface area contributed by atoms with Crippen molar-refractivity contribution >= 4 is 7.82 Å². The Morgan fingerprint density at radius 1 is 0.818 bits per heavy atom. The van der Waals surface area contributed by atoms with E-state index >= 15 is 0 Å². The van der Waals surface area contributed by atoms with Gasteiger partial charge in [-0.2, -0.15) is 0 Å². The highest BCUT2D eigenvalue weighted by atomic mass is 31.2. The standard InChI is InChI=1S/C32H57N2O9P/c1-5-6-7-8-9-10-11-12-13-14-15-16-17-18-19-20-21-22-25-39-44(37,38-4)43-30-28-27(41-32(2,3)42-28)29(40-30)34-24-23-26(35)33-31(34)36/h23-24,27-30H,5-22,25H2,1-4H3,(H,33,35,36)/t27-,28-,29?,30?,44?/m1/s1. The molecule has 3 heterocycles. The molecular formula is C32H57N2O9P. The molecule has 2 saturated heterocycles. The smallest absolute Gasteiger partial charge is 0.340 e. The Labute approximate surface area is 263 Å². The minimum atomic E-state index is -3.98. The van der Waals surface area contributed by atoms with Crippen LogP contribution in [0.2, 0.25) is 0 Å². The normalized spacial score (nSPS) is 24.0. The van der Waals surface area contributed by atoms with E-state index in [0.29, 0.717) is 0 Å². The van der Waals surface area contributed by atoms with Gasteiger partial charge < -0.3 is 14.2 Å². The number of ether oxygens (including phenoxy) is 3. The summed E-state index contributed by atoms with van der Waals surface area (Å²) in [6.07, 6.45) is 20.7. The summed E-state index contributed by atoms with van der Waals surface area (Å²) < 4.78 is 48.7. The average molecular weight is 645 g/mol. The fourth-order valence-corrected chi connectivity index (χ4v) is 6.94. The highest BCUT2D eigenvalue weighted by Crippen LogP contribution is 2.54. The molecule has 1 aromatic rings. The molecule has 3 rings (SSSR count). The maximum absolute atomic E-state index is 13.3. The van der Waals surface area contributed by atoms with Crippen LogP contribution in [0.5, 0.6) is 0 Å². The molecular weight excluding hydrogens is 587 g/mol. The number of nitrogens with zero attached hydrogens (tertiary/aromatic N) is 1. The number of nitrogens with one attached hydrogen (secondary N) is 1. The predicted molar refractivity (Wildman–Crippen MR) is 169 cm³/mol. The van der Waals surface area contributed by atoms with E-state index in [-0.39, 0.29) is 6.61 Å². The number of hydrogen-bond acceptors (Lipinski definition) is 9. The highest BCUT2D eigenvalue weighted by molar-refractivity contribution is 7.48. The average Bonchev–Trinajstić information content (AvgIpc) is 3.47. The van der Waals surface area contributed by atoms with E-state index in [2.05, 4.69) is 11.9 Å². The first-order valence-corrected chi connectivity index (χ1v) is 18.5. The third kappa shape index (κ3) is 12.5. The summed E-state index contributed by atoms with van der Waals surface area (Å²) in [5, 5.41) is 0. The number of rotatable bonds is 24. The number of fused-ring (bicyclic) bond motifs is 1. The fourth-order valence-electron chi connectivity index (χ4n) is 5.91. The van der Waals surface area contributed by atoms with Crippen LogP contribution in [0.25, 0.3) is 0 Å². The fraction of sp³-hybridized carbons (Fsp3) is 0.875. The summed E-state index contributed by atoms with van der Waals surface area (Å²) in [5.74, 6) is -0.990. The Balaban J connectivity index is 1.26. The molecule has 0 saturated carbocycles. The van der Waals surface area contributed by atoms with Crippen LogP contribution in [-0.2, 0) is 32.3 Å². The van der Waals surface area contributed by atoms with E-state index in [0.717, 1.165) is 19.3 Å². The van der Waals surface area contributed by atoms with E-state index < -0.39 is 49.6 Å². The number of phosphoric acid groups is 1. The van der Waals surface area contributed by atoms with Gasteiger partial charge in [-0.15, -0.1) is 0 Å². The maximum Gasteiger partial charge on any atom is 0.476 e. The van der Waals surface area contributed by atoms with Crippen LogP contribution in [0.15, 0.2) is 21.9 Å². The SMILES string of the molecule is CCCCCCCCCCCCCCCCCCCCOP(=O)(OC)OC1OC(n2ccc(=O)[nH]c2=O)[C@@H]2OC(C)(C)O[C@@H]12. The Hall–Kier alpha value is -1.33. The molecule has 1 aromatic heterocycles. The second-order valence-corrected chi connectivity index (χ2v) is 14.3. The van der Waals surface area contributed by atoms with Crippen LogP contribution in [0.1, 0.15) is 143 Å². The van der Waals surface area contributed by atoms with Gasteiger partial charge in [-0.25, -0.2) is 9.36 Å². The largest absolute Gasteiger partial charge is 0.476 e. The van der Waals surface area contributed by atoms with E-state index in [1.54, 1.807) is 13.8 Å². The second-order valence-electron chi connectivity index (χ2n) is 12.6. The maximum atomic E-state index is 13.3. The van der Waals surface area contributed by atoms with Crippen molar-refractivity contribution in [3.8, 4) is 0 Å². The highest BCUT2D eigenvalue weighted by Gasteiger charge is 2.58. The molecule has 0 aromatic carbocycles. The monoisotopic (exact) mass is 644 g/mol. The van der Waals surface area contributed by atoms with Crippen LogP contribution in [-0.4, -0.2) is 47.6 Å². The molecule has 11 nitrogen and oxygen atoms in total. The third-order valence-corrected chi connectivity index (χ3v) is 9.73. The van der Waals surface area contributed by atoms with Crippen LogP contribution in [0, 0.1) is 0 Å². The number of aromatic nitrogens is 2. The third-order valence-electron chi connectivity index (χ3n) is 8.32. The van der Waals surface area contributed by atoms with Crippen molar-refractivity contribution < 1.29 is 32.3 Å². The Kier molecular flexibility index (Phi) is 16.3. The predicted octanol–water partition coefficient (Wildman–Crippen LogP) is 7.74. The Morgan fingerprint density at radius 3 is 1.82 bits per heavy atom. The van der Waals surface area contributed by atoms with Crippen molar-refractivity contribution in [2.24, 2.45) is 0 Å². The number of hydrogen-bond donors (Lipinski definition) is 1. The van der Waals surface area contributed by atoms with Crippen molar-refractivity contribution in [2.45, 2.75) is 167 Å². The van der Waals surface area contributed by atoms with Crippen molar-refractivity contribution in [1.29, 1.82) is 0 Å². The van der Waals surface area contributed by atoms with Gasteiger partial charge in [0.25, 0.3) is 5.56 Å². The first-order valence-electron chi connectivity index (χ1n) is 17.0. The van der Waals surface area contributed by atoms with Gasteiger partial charge in [0.1, 0.15) is 12.2 Å². The zero-order valence-electron chi connectivity index (χ0n) is 27.5. The second kappa shape index (κ2) is 19.4. The Morgan fingerprint density at radius 2 is 1.32 bits per heavy atom. The summed E-state index contributed by atoms with van der Waals surface area (Å²) in [5.41, 5.74) is -1.20. The molecule has 12 heteroatoms. The number of aromatic amines is 1. The first-order chi connectivity index (χ1) is 21.2. The first kappa shape index (κ1) is 37.1. The van der Waals surface area contributed by atoms with Crippen molar-refractivity contribution in [2.75, 3.05) is 13.7 Å². The van der Waals surface area contributed by atoms with E-state index in [1.807, 2.05) is 0 Å². The molecule has 3 unspecified atom stereocenters. The lowest BCUT2D eigenvalue weighted by atomic mass is 10.0. The van der Waals surface area contributed by atoms with Gasteiger partial charge in [-0.05, 0) is 20.3 Å². The van der Waals surface area contributed by atoms with Crippen LogP contribution in [0.4, 0.5) is 0 Å². The number of H-pyrrole nitrogens is 1. The van der Waals surface area contributed by atoms with Crippen LogP contribution < -0.4 is 11.2 Å². The molecule has 2 aliphatic heterocycles. The lowest BCUT2D eigenvalue weighted by Gasteiger charge is -2.26.